The van der Waals surface area contributed by atoms with Gasteiger partial charge in [0.15, 0.2) is 0 Å². The number of nitrogens with zero attached hydrogens (tertiary/aromatic N) is 1. The Labute approximate surface area is 142 Å². The number of aliphatic imine (C=N–C) groups is 1. The van der Waals surface area contributed by atoms with E-state index in [1.807, 2.05) is 61.5 Å². The number of rotatable bonds is 3. The third-order valence-electron chi connectivity index (χ3n) is 3.34. The molecular weight excluding hydrogens is 362 g/mol. The summed E-state index contributed by atoms with van der Waals surface area (Å²) in [5.74, 6) is 1.50. The van der Waals surface area contributed by atoms with E-state index in [1.165, 1.54) is 0 Å². The van der Waals surface area contributed by atoms with Crippen molar-refractivity contribution in [3.05, 3.63) is 75.4 Å². The Bertz CT molecular complexity index is 839. The Morgan fingerprint density at radius 1 is 1.05 bits per heavy atom. The van der Waals surface area contributed by atoms with Crippen LogP contribution in [0.4, 0.5) is 5.69 Å². The third kappa shape index (κ3) is 3.16. The lowest BCUT2D eigenvalue weighted by molar-refractivity contribution is 0.575. The van der Waals surface area contributed by atoms with Gasteiger partial charge in [0.05, 0.1) is 11.9 Å². The molecule has 0 aliphatic rings. The van der Waals surface area contributed by atoms with E-state index in [0.717, 1.165) is 27.0 Å². The molecule has 1 heterocycles. The van der Waals surface area contributed by atoms with E-state index in [1.54, 1.807) is 6.21 Å². The first-order valence-electron chi connectivity index (χ1n) is 6.79. The fourth-order valence-corrected chi connectivity index (χ4v) is 2.75. The minimum absolute atomic E-state index is 0.699. The highest BCUT2D eigenvalue weighted by atomic mass is 79.9. The summed E-state index contributed by atoms with van der Waals surface area (Å²) in [5, 5.41) is 0.711. The summed E-state index contributed by atoms with van der Waals surface area (Å²) in [6, 6.07) is 17.4. The molecule has 2 aromatic carbocycles. The van der Waals surface area contributed by atoms with E-state index < -0.39 is 0 Å². The molecule has 1 aromatic heterocycles. The van der Waals surface area contributed by atoms with Crippen LogP contribution in [-0.4, -0.2) is 6.21 Å². The monoisotopic (exact) mass is 373 g/mol. The quantitative estimate of drug-likeness (QED) is 0.485. The summed E-state index contributed by atoms with van der Waals surface area (Å²) in [6.45, 7) is 1.95. The summed E-state index contributed by atoms with van der Waals surface area (Å²) in [4.78, 5) is 4.45. The molecule has 0 amide bonds. The molecule has 0 aliphatic heterocycles. The predicted octanol–water partition coefficient (Wildman–Crippen LogP) is 6.42. The molecule has 0 aliphatic carbocycles. The number of halogens is 2. The maximum atomic E-state index is 6.09. The number of hydrogen-bond donors (Lipinski definition) is 0. The van der Waals surface area contributed by atoms with Crippen molar-refractivity contribution in [2.75, 3.05) is 0 Å². The van der Waals surface area contributed by atoms with Crippen molar-refractivity contribution in [3.8, 4) is 11.3 Å². The summed E-state index contributed by atoms with van der Waals surface area (Å²) in [6.07, 6.45) is 1.71. The Morgan fingerprint density at radius 3 is 2.68 bits per heavy atom. The average molecular weight is 375 g/mol. The second kappa shape index (κ2) is 6.51. The SMILES string of the molecule is Cc1c(Cl)cccc1N=Cc1ccc(-c2ccccc2Br)o1. The number of benzene rings is 2. The molecule has 110 valence electrons. The Hall–Kier alpha value is -1.84. The summed E-state index contributed by atoms with van der Waals surface area (Å²) >= 11 is 9.62. The molecule has 0 atom stereocenters. The van der Waals surface area contributed by atoms with Crippen molar-refractivity contribution in [3.63, 3.8) is 0 Å². The molecule has 3 aromatic rings. The van der Waals surface area contributed by atoms with Crippen LogP contribution in [-0.2, 0) is 0 Å². The van der Waals surface area contributed by atoms with Gasteiger partial charge in [0.2, 0.25) is 0 Å². The standard InChI is InChI=1S/C18H13BrClNO/c1-12-16(20)7-4-8-17(12)21-11-13-9-10-18(22-13)14-5-2-3-6-15(14)19/h2-11H,1H3. The minimum Gasteiger partial charge on any atom is -0.455 e. The lowest BCUT2D eigenvalue weighted by atomic mass is 10.2. The Balaban J connectivity index is 1.87. The minimum atomic E-state index is 0.699. The van der Waals surface area contributed by atoms with Gasteiger partial charge in [0.25, 0.3) is 0 Å². The molecule has 0 radical (unpaired) electrons. The van der Waals surface area contributed by atoms with Crippen molar-refractivity contribution < 1.29 is 4.42 Å². The van der Waals surface area contributed by atoms with Crippen molar-refractivity contribution in [2.45, 2.75) is 6.92 Å². The summed E-state index contributed by atoms with van der Waals surface area (Å²) in [5.41, 5.74) is 2.81. The number of furan rings is 1. The lowest BCUT2D eigenvalue weighted by Gasteiger charge is -2.01. The maximum absolute atomic E-state index is 6.09. The smallest absolute Gasteiger partial charge is 0.145 e. The maximum Gasteiger partial charge on any atom is 0.145 e. The first kappa shape index (κ1) is 15.1. The molecule has 3 rings (SSSR count). The summed E-state index contributed by atoms with van der Waals surface area (Å²) < 4.78 is 6.83. The van der Waals surface area contributed by atoms with Gasteiger partial charge in [-0.15, -0.1) is 0 Å². The topological polar surface area (TPSA) is 25.5 Å². The molecule has 0 bridgehead atoms. The van der Waals surface area contributed by atoms with E-state index in [2.05, 4.69) is 20.9 Å². The molecular formula is C18H13BrClNO. The van der Waals surface area contributed by atoms with Crippen molar-refractivity contribution >= 4 is 39.4 Å². The van der Waals surface area contributed by atoms with Crippen LogP contribution < -0.4 is 0 Å². The van der Waals surface area contributed by atoms with Crippen molar-refractivity contribution in [2.24, 2.45) is 4.99 Å². The molecule has 2 nitrogen and oxygen atoms in total. The largest absolute Gasteiger partial charge is 0.455 e. The van der Waals surface area contributed by atoms with Gasteiger partial charge in [0.1, 0.15) is 11.5 Å². The van der Waals surface area contributed by atoms with Gasteiger partial charge in [-0.05, 0) is 42.8 Å². The van der Waals surface area contributed by atoms with E-state index in [-0.39, 0.29) is 0 Å². The Morgan fingerprint density at radius 2 is 1.86 bits per heavy atom. The van der Waals surface area contributed by atoms with Gasteiger partial charge < -0.3 is 4.42 Å². The molecule has 0 spiro atoms. The second-order valence-electron chi connectivity index (χ2n) is 4.82. The van der Waals surface area contributed by atoms with Crippen LogP contribution in [0.1, 0.15) is 11.3 Å². The third-order valence-corrected chi connectivity index (χ3v) is 4.44. The fraction of sp³-hybridized carbons (Fsp3) is 0.0556. The average Bonchev–Trinajstić information content (AvgIpc) is 2.98. The zero-order valence-electron chi connectivity index (χ0n) is 11.9. The predicted molar refractivity (Wildman–Crippen MR) is 95.3 cm³/mol. The Kier molecular flexibility index (Phi) is 4.46. The molecule has 4 heteroatoms. The van der Waals surface area contributed by atoms with Crippen LogP contribution >= 0.6 is 27.5 Å². The van der Waals surface area contributed by atoms with Gasteiger partial charge >= 0.3 is 0 Å². The molecule has 0 unspecified atom stereocenters. The van der Waals surface area contributed by atoms with E-state index in [4.69, 9.17) is 16.0 Å². The molecule has 0 N–H and O–H groups in total. The number of hydrogen-bond acceptors (Lipinski definition) is 2. The van der Waals surface area contributed by atoms with Gasteiger partial charge in [0, 0.05) is 15.1 Å². The van der Waals surface area contributed by atoms with Crippen LogP contribution in [0, 0.1) is 6.92 Å². The van der Waals surface area contributed by atoms with E-state index in [0.29, 0.717) is 10.8 Å². The molecule has 0 saturated carbocycles. The van der Waals surface area contributed by atoms with Crippen molar-refractivity contribution in [1.29, 1.82) is 0 Å². The van der Waals surface area contributed by atoms with E-state index >= 15 is 0 Å². The normalized spacial score (nSPS) is 11.2. The van der Waals surface area contributed by atoms with Gasteiger partial charge in [-0.25, -0.2) is 0 Å². The zero-order valence-corrected chi connectivity index (χ0v) is 14.2. The van der Waals surface area contributed by atoms with E-state index in [9.17, 15) is 0 Å². The van der Waals surface area contributed by atoms with Gasteiger partial charge in [-0.1, -0.05) is 51.8 Å². The molecule has 0 fully saturated rings. The highest BCUT2D eigenvalue weighted by Gasteiger charge is 2.07. The van der Waals surface area contributed by atoms with Crippen LogP contribution in [0.25, 0.3) is 11.3 Å². The zero-order chi connectivity index (χ0) is 15.5. The van der Waals surface area contributed by atoms with Crippen LogP contribution in [0.5, 0.6) is 0 Å². The highest BCUT2D eigenvalue weighted by molar-refractivity contribution is 9.10. The molecule has 22 heavy (non-hydrogen) atoms. The van der Waals surface area contributed by atoms with Gasteiger partial charge in [-0.3, -0.25) is 4.99 Å². The first-order chi connectivity index (χ1) is 10.6. The van der Waals surface area contributed by atoms with Gasteiger partial charge in [-0.2, -0.15) is 0 Å². The van der Waals surface area contributed by atoms with Crippen molar-refractivity contribution in [1.82, 2.24) is 0 Å². The van der Waals surface area contributed by atoms with Crippen LogP contribution in [0.2, 0.25) is 5.02 Å². The second-order valence-corrected chi connectivity index (χ2v) is 6.09. The molecule has 0 saturated heterocycles. The van der Waals surface area contributed by atoms with Crippen LogP contribution in [0.3, 0.4) is 0 Å². The highest BCUT2D eigenvalue weighted by Crippen LogP contribution is 2.29. The van der Waals surface area contributed by atoms with Crippen LogP contribution in [0.15, 0.2) is 68.5 Å². The fourth-order valence-electron chi connectivity index (χ4n) is 2.10. The lowest BCUT2D eigenvalue weighted by Crippen LogP contribution is -1.79. The summed E-state index contributed by atoms with van der Waals surface area (Å²) in [7, 11) is 0. The first-order valence-corrected chi connectivity index (χ1v) is 7.96.